The maximum atomic E-state index is 12.6. The van der Waals surface area contributed by atoms with Gasteiger partial charge < -0.3 is 5.32 Å². The van der Waals surface area contributed by atoms with E-state index in [1.165, 1.54) is 14.1 Å². The Hall–Kier alpha value is -0.280. The van der Waals surface area contributed by atoms with Gasteiger partial charge in [-0.1, -0.05) is 23.2 Å². The van der Waals surface area contributed by atoms with Crippen molar-refractivity contribution in [3.63, 3.8) is 0 Å². The molecule has 0 aliphatic carbocycles. The van der Waals surface area contributed by atoms with Crippen LogP contribution in [-0.4, -0.2) is 19.3 Å². The molecular formula is C5H7Cl2FN2. The maximum absolute atomic E-state index is 12.6. The Balaban J connectivity index is 4.46. The van der Waals surface area contributed by atoms with Crippen molar-refractivity contribution in [2.75, 3.05) is 14.1 Å². The van der Waals surface area contributed by atoms with Gasteiger partial charge in [0.25, 0.3) is 0 Å². The van der Waals surface area contributed by atoms with Gasteiger partial charge in [-0.3, -0.25) is 4.99 Å². The molecule has 0 fully saturated rings. The van der Waals surface area contributed by atoms with E-state index in [0.717, 1.165) is 0 Å². The standard InChI is InChI=1S/C5H7Cl2FN2/c1-9-4(6)3(8)5(7)10-2/h9H,1-2H3/b4-3+,10-5?. The Morgan fingerprint density at radius 2 is 2.00 bits per heavy atom. The summed E-state index contributed by atoms with van der Waals surface area (Å²) < 4.78 is 12.6. The third kappa shape index (κ3) is 2.54. The number of nitrogens with zero attached hydrogens (tertiary/aromatic N) is 1. The molecular weight excluding hydrogens is 178 g/mol. The van der Waals surface area contributed by atoms with Crippen LogP contribution < -0.4 is 5.32 Å². The number of allylic oxidation sites excluding steroid dienone is 1. The number of hydrogen-bond donors (Lipinski definition) is 1. The van der Waals surface area contributed by atoms with E-state index in [9.17, 15) is 4.39 Å². The summed E-state index contributed by atoms with van der Waals surface area (Å²) in [4.78, 5) is 3.38. The lowest BCUT2D eigenvalue weighted by molar-refractivity contribution is 0.670. The van der Waals surface area contributed by atoms with E-state index in [-0.39, 0.29) is 10.3 Å². The van der Waals surface area contributed by atoms with E-state index in [1.807, 2.05) is 0 Å². The van der Waals surface area contributed by atoms with Gasteiger partial charge in [0.15, 0.2) is 11.0 Å². The minimum Gasteiger partial charge on any atom is -0.376 e. The third-order valence-electron chi connectivity index (χ3n) is 0.790. The Bertz CT molecular complexity index is 176. The molecule has 0 atom stereocenters. The molecule has 0 aromatic carbocycles. The molecule has 0 amide bonds. The highest BCUT2D eigenvalue weighted by molar-refractivity contribution is 6.69. The minimum absolute atomic E-state index is 0.143. The minimum atomic E-state index is -0.742. The fraction of sp³-hybridized carbons (Fsp3) is 0.400. The zero-order valence-corrected chi connectivity index (χ0v) is 7.09. The molecule has 0 aromatic rings. The van der Waals surface area contributed by atoms with Gasteiger partial charge in [-0.15, -0.1) is 0 Å². The topological polar surface area (TPSA) is 24.4 Å². The Labute approximate surface area is 68.7 Å². The summed E-state index contributed by atoms with van der Waals surface area (Å²) in [5.41, 5.74) is 0. The summed E-state index contributed by atoms with van der Waals surface area (Å²) in [6, 6.07) is 0. The molecule has 0 rings (SSSR count). The van der Waals surface area contributed by atoms with Crippen LogP contribution in [0.4, 0.5) is 4.39 Å². The van der Waals surface area contributed by atoms with Crippen molar-refractivity contribution in [1.29, 1.82) is 0 Å². The van der Waals surface area contributed by atoms with Crippen molar-refractivity contribution in [2.24, 2.45) is 4.99 Å². The van der Waals surface area contributed by atoms with Crippen LogP contribution in [0.5, 0.6) is 0 Å². The predicted molar refractivity (Wildman–Crippen MR) is 42.3 cm³/mol. The fourth-order valence-electron chi connectivity index (χ4n) is 0.298. The quantitative estimate of drug-likeness (QED) is 0.515. The molecule has 0 aliphatic rings. The van der Waals surface area contributed by atoms with E-state index >= 15 is 0 Å². The van der Waals surface area contributed by atoms with Gasteiger partial charge in [-0.05, 0) is 0 Å². The normalized spacial score (nSPS) is 14.7. The van der Waals surface area contributed by atoms with E-state index in [4.69, 9.17) is 23.2 Å². The largest absolute Gasteiger partial charge is 0.376 e. The average molecular weight is 185 g/mol. The van der Waals surface area contributed by atoms with Gasteiger partial charge >= 0.3 is 0 Å². The van der Waals surface area contributed by atoms with Crippen LogP contribution in [0.1, 0.15) is 0 Å². The molecule has 58 valence electrons. The lowest BCUT2D eigenvalue weighted by Gasteiger charge is -1.97. The van der Waals surface area contributed by atoms with E-state index in [2.05, 4.69) is 10.3 Å². The van der Waals surface area contributed by atoms with Crippen LogP contribution in [0.25, 0.3) is 0 Å². The van der Waals surface area contributed by atoms with Crippen molar-refractivity contribution < 1.29 is 4.39 Å². The predicted octanol–water partition coefficient (Wildman–Crippen LogP) is 1.85. The molecule has 0 aromatic heterocycles. The first-order chi connectivity index (χ1) is 4.63. The van der Waals surface area contributed by atoms with Crippen LogP contribution in [-0.2, 0) is 0 Å². The third-order valence-corrected chi connectivity index (χ3v) is 1.48. The van der Waals surface area contributed by atoms with Gasteiger partial charge in [0.2, 0.25) is 0 Å². The van der Waals surface area contributed by atoms with Gasteiger partial charge in [0.1, 0.15) is 5.16 Å². The molecule has 0 bridgehead atoms. The summed E-state index contributed by atoms with van der Waals surface area (Å²) in [5.74, 6) is -0.742. The highest BCUT2D eigenvalue weighted by atomic mass is 35.5. The second-order valence-electron chi connectivity index (χ2n) is 1.39. The molecule has 0 spiro atoms. The number of rotatable bonds is 2. The first-order valence-corrected chi connectivity index (χ1v) is 3.24. The van der Waals surface area contributed by atoms with Crippen LogP contribution in [0, 0.1) is 0 Å². The van der Waals surface area contributed by atoms with Crippen LogP contribution in [0.2, 0.25) is 0 Å². The monoisotopic (exact) mass is 184 g/mol. The van der Waals surface area contributed by atoms with Gasteiger partial charge in [-0.2, -0.15) is 0 Å². The van der Waals surface area contributed by atoms with E-state index < -0.39 is 5.83 Å². The second kappa shape index (κ2) is 4.52. The van der Waals surface area contributed by atoms with E-state index in [0.29, 0.717) is 0 Å². The molecule has 0 unspecified atom stereocenters. The van der Waals surface area contributed by atoms with Crippen molar-refractivity contribution in [3.8, 4) is 0 Å². The van der Waals surface area contributed by atoms with Crippen molar-refractivity contribution in [2.45, 2.75) is 0 Å². The Kier molecular flexibility index (Phi) is 4.40. The number of hydrogen-bond acceptors (Lipinski definition) is 2. The summed E-state index contributed by atoms with van der Waals surface area (Å²) in [6.45, 7) is 0. The van der Waals surface area contributed by atoms with Gasteiger partial charge in [-0.25, -0.2) is 4.39 Å². The molecule has 10 heavy (non-hydrogen) atoms. The smallest absolute Gasteiger partial charge is 0.194 e. The fourth-order valence-corrected chi connectivity index (χ4v) is 0.531. The molecule has 0 saturated carbocycles. The lowest BCUT2D eigenvalue weighted by Crippen LogP contribution is -2.04. The van der Waals surface area contributed by atoms with Crippen LogP contribution in [0.15, 0.2) is 16.0 Å². The SMILES string of the molecule is CN=C(Cl)/C(F)=C(/Cl)NC. The zero-order chi connectivity index (χ0) is 8.15. The number of aliphatic imine (C=N–C) groups is 1. The highest BCUT2D eigenvalue weighted by Gasteiger charge is 2.06. The first kappa shape index (κ1) is 9.72. The maximum Gasteiger partial charge on any atom is 0.194 e. The first-order valence-electron chi connectivity index (χ1n) is 2.49. The summed E-state index contributed by atoms with van der Waals surface area (Å²) in [6.07, 6.45) is 0. The van der Waals surface area contributed by atoms with Crippen LogP contribution >= 0.6 is 23.2 Å². The van der Waals surface area contributed by atoms with Crippen LogP contribution in [0.3, 0.4) is 0 Å². The highest BCUT2D eigenvalue weighted by Crippen LogP contribution is 2.11. The second-order valence-corrected chi connectivity index (χ2v) is 2.13. The van der Waals surface area contributed by atoms with Gasteiger partial charge in [0, 0.05) is 14.1 Å². The molecule has 0 heterocycles. The zero-order valence-electron chi connectivity index (χ0n) is 5.58. The Morgan fingerprint density at radius 3 is 2.30 bits per heavy atom. The molecule has 5 heteroatoms. The Morgan fingerprint density at radius 1 is 1.50 bits per heavy atom. The average Bonchev–Trinajstić information content (AvgIpc) is 2.00. The van der Waals surface area contributed by atoms with Crippen molar-refractivity contribution in [1.82, 2.24) is 5.32 Å². The lowest BCUT2D eigenvalue weighted by atomic mass is 10.6. The van der Waals surface area contributed by atoms with Crippen molar-refractivity contribution >= 4 is 28.4 Å². The van der Waals surface area contributed by atoms with Gasteiger partial charge in [0.05, 0.1) is 0 Å². The summed E-state index contributed by atoms with van der Waals surface area (Å²) in [5, 5.41) is 2.01. The molecule has 0 radical (unpaired) electrons. The number of nitrogens with one attached hydrogen (secondary N) is 1. The number of halogens is 3. The molecule has 0 saturated heterocycles. The van der Waals surface area contributed by atoms with Crippen molar-refractivity contribution in [3.05, 3.63) is 11.0 Å². The summed E-state index contributed by atoms with van der Waals surface area (Å²) in [7, 11) is 2.86. The molecule has 2 nitrogen and oxygen atoms in total. The summed E-state index contributed by atoms with van der Waals surface area (Å²) >= 11 is 10.6. The van der Waals surface area contributed by atoms with E-state index in [1.54, 1.807) is 0 Å². The molecule has 0 aliphatic heterocycles. The molecule has 1 N–H and O–H groups in total.